The molecule has 3 heteroatoms. The summed E-state index contributed by atoms with van der Waals surface area (Å²) in [6, 6.07) is 9.79. The van der Waals surface area contributed by atoms with E-state index in [-0.39, 0.29) is 5.76 Å². The summed E-state index contributed by atoms with van der Waals surface area (Å²) in [4.78, 5) is 11.2. The second-order valence-corrected chi connectivity index (χ2v) is 3.16. The Morgan fingerprint density at radius 3 is 2.93 bits per heavy atom. The van der Waals surface area contributed by atoms with Crippen LogP contribution in [0.3, 0.4) is 0 Å². The Morgan fingerprint density at radius 1 is 1.14 bits per heavy atom. The highest BCUT2D eigenvalue weighted by atomic mass is 16.4. The second kappa shape index (κ2) is 2.48. The zero-order valence-corrected chi connectivity index (χ0v) is 7.31. The van der Waals surface area contributed by atoms with Crippen molar-refractivity contribution in [3.05, 3.63) is 53.3 Å². The van der Waals surface area contributed by atoms with Crippen molar-refractivity contribution in [3.63, 3.8) is 0 Å². The Bertz CT molecular complexity index is 663. The molecule has 0 bridgehead atoms. The molecule has 2 heterocycles. The highest BCUT2D eigenvalue weighted by Crippen LogP contribution is 2.18. The lowest BCUT2D eigenvalue weighted by Crippen LogP contribution is -2.04. The minimum absolute atomic E-state index is 0.342. The minimum atomic E-state index is -0.342. The van der Waals surface area contributed by atoms with Crippen LogP contribution in [0.1, 0.15) is 0 Å². The van der Waals surface area contributed by atoms with E-state index in [2.05, 4.69) is 0 Å². The van der Waals surface area contributed by atoms with Crippen molar-refractivity contribution < 1.29 is 4.42 Å². The van der Waals surface area contributed by atoms with Crippen LogP contribution < -0.4 is 5.76 Å². The third-order valence-electron chi connectivity index (χ3n) is 2.37. The summed E-state index contributed by atoms with van der Waals surface area (Å²) in [6.07, 6.45) is 3.22. The summed E-state index contributed by atoms with van der Waals surface area (Å²) in [6.45, 7) is 0. The molecule has 2 aromatic heterocycles. The van der Waals surface area contributed by atoms with Gasteiger partial charge in [0.25, 0.3) is 0 Å². The molecule has 0 radical (unpaired) electrons. The molecule has 0 fully saturated rings. The number of hydrogen-bond donors (Lipinski definition) is 0. The van der Waals surface area contributed by atoms with E-state index in [1.807, 2.05) is 30.3 Å². The van der Waals surface area contributed by atoms with E-state index in [0.717, 1.165) is 16.3 Å². The smallest absolute Gasteiger partial charge is 0.415 e. The fourth-order valence-corrected chi connectivity index (χ4v) is 1.68. The lowest BCUT2D eigenvalue weighted by molar-refractivity contribution is 0.508. The third-order valence-corrected chi connectivity index (χ3v) is 2.37. The molecule has 0 aliphatic rings. The van der Waals surface area contributed by atoms with Gasteiger partial charge >= 0.3 is 5.76 Å². The number of oxazole rings is 1. The lowest BCUT2D eigenvalue weighted by atomic mass is 10.1. The average Bonchev–Trinajstić information content (AvgIpc) is 2.61. The first-order valence-electron chi connectivity index (χ1n) is 4.34. The molecule has 0 amide bonds. The van der Waals surface area contributed by atoms with Crippen LogP contribution in [-0.4, -0.2) is 4.40 Å². The van der Waals surface area contributed by atoms with Gasteiger partial charge in [-0.05, 0) is 11.5 Å². The molecule has 0 spiro atoms. The summed E-state index contributed by atoms with van der Waals surface area (Å²) in [5, 5.41) is 2.13. The van der Waals surface area contributed by atoms with Crippen LogP contribution >= 0.6 is 0 Å². The molecule has 0 N–H and O–H groups in total. The SMILES string of the molecule is O=c1occ2c3ccccc3ccn12. The number of benzene rings is 1. The zero-order chi connectivity index (χ0) is 9.54. The van der Waals surface area contributed by atoms with Crippen molar-refractivity contribution in [2.45, 2.75) is 0 Å². The monoisotopic (exact) mass is 185 g/mol. The molecule has 3 aromatic rings. The number of hydrogen-bond acceptors (Lipinski definition) is 2. The maximum absolute atomic E-state index is 11.2. The van der Waals surface area contributed by atoms with Crippen LogP contribution in [0.4, 0.5) is 0 Å². The molecule has 0 saturated heterocycles. The Morgan fingerprint density at radius 2 is 2.00 bits per heavy atom. The highest BCUT2D eigenvalue weighted by molar-refractivity contribution is 5.95. The van der Waals surface area contributed by atoms with Gasteiger partial charge in [-0.1, -0.05) is 24.3 Å². The fraction of sp³-hybridized carbons (Fsp3) is 0. The Labute approximate surface area is 79.2 Å². The van der Waals surface area contributed by atoms with E-state index in [1.54, 1.807) is 6.20 Å². The normalized spacial score (nSPS) is 11.1. The summed E-state index contributed by atoms with van der Waals surface area (Å²) in [5.41, 5.74) is 0.813. The largest absolute Gasteiger partial charge is 0.423 e. The van der Waals surface area contributed by atoms with Crippen LogP contribution in [0, 0.1) is 0 Å². The number of fused-ring (bicyclic) bond motifs is 3. The van der Waals surface area contributed by atoms with Gasteiger partial charge in [-0.3, -0.25) is 0 Å². The maximum Gasteiger partial charge on any atom is 0.423 e. The quantitative estimate of drug-likeness (QED) is 0.537. The summed E-state index contributed by atoms with van der Waals surface area (Å²) in [7, 11) is 0. The molecule has 0 saturated carbocycles. The van der Waals surface area contributed by atoms with Crippen LogP contribution in [0.25, 0.3) is 16.3 Å². The fourth-order valence-electron chi connectivity index (χ4n) is 1.68. The van der Waals surface area contributed by atoms with Gasteiger partial charge in [-0.15, -0.1) is 0 Å². The lowest BCUT2D eigenvalue weighted by Gasteiger charge is -1.97. The van der Waals surface area contributed by atoms with Crippen LogP contribution in [-0.2, 0) is 0 Å². The predicted octanol–water partition coefficient (Wildman–Crippen LogP) is 2.05. The van der Waals surface area contributed by atoms with Crippen LogP contribution in [0.2, 0.25) is 0 Å². The van der Waals surface area contributed by atoms with Crippen molar-refractivity contribution in [2.24, 2.45) is 0 Å². The molecular formula is C11H7NO2. The van der Waals surface area contributed by atoms with E-state index in [4.69, 9.17) is 4.42 Å². The van der Waals surface area contributed by atoms with E-state index in [0.29, 0.717) is 0 Å². The van der Waals surface area contributed by atoms with Gasteiger partial charge in [0.05, 0.1) is 5.52 Å². The van der Waals surface area contributed by atoms with Gasteiger partial charge < -0.3 is 4.42 Å². The van der Waals surface area contributed by atoms with E-state index in [1.165, 1.54) is 10.7 Å². The molecule has 68 valence electrons. The van der Waals surface area contributed by atoms with Gasteiger partial charge in [0.2, 0.25) is 0 Å². The first-order chi connectivity index (χ1) is 6.86. The van der Waals surface area contributed by atoms with Crippen molar-refractivity contribution >= 4 is 16.3 Å². The standard InChI is InChI=1S/C11H7NO2/c13-11-12-6-5-8-3-1-2-4-9(8)10(12)7-14-11/h1-7H. The zero-order valence-electron chi connectivity index (χ0n) is 7.31. The Balaban J connectivity index is 2.68. The molecule has 0 unspecified atom stereocenters. The van der Waals surface area contributed by atoms with E-state index >= 15 is 0 Å². The van der Waals surface area contributed by atoms with E-state index < -0.39 is 0 Å². The van der Waals surface area contributed by atoms with Gasteiger partial charge in [0.15, 0.2) is 0 Å². The summed E-state index contributed by atoms with van der Waals surface area (Å²) < 4.78 is 6.33. The Kier molecular flexibility index (Phi) is 1.31. The number of pyridine rings is 1. The van der Waals surface area contributed by atoms with E-state index in [9.17, 15) is 4.79 Å². The van der Waals surface area contributed by atoms with Crippen molar-refractivity contribution in [2.75, 3.05) is 0 Å². The van der Waals surface area contributed by atoms with Gasteiger partial charge in [0, 0.05) is 11.6 Å². The molecule has 0 atom stereocenters. The van der Waals surface area contributed by atoms with Crippen LogP contribution in [0.15, 0.2) is 52.0 Å². The Hall–Kier alpha value is -2.03. The van der Waals surface area contributed by atoms with Gasteiger partial charge in [0.1, 0.15) is 6.26 Å². The average molecular weight is 185 g/mol. The van der Waals surface area contributed by atoms with Crippen molar-refractivity contribution in [1.82, 2.24) is 4.40 Å². The van der Waals surface area contributed by atoms with Crippen LogP contribution in [0.5, 0.6) is 0 Å². The number of aromatic nitrogens is 1. The first-order valence-corrected chi connectivity index (χ1v) is 4.34. The minimum Gasteiger partial charge on any atom is -0.415 e. The summed E-state index contributed by atoms with van der Waals surface area (Å²) >= 11 is 0. The number of rotatable bonds is 0. The molecule has 0 aliphatic carbocycles. The molecule has 3 rings (SSSR count). The van der Waals surface area contributed by atoms with Gasteiger partial charge in [-0.25, -0.2) is 9.20 Å². The molecule has 14 heavy (non-hydrogen) atoms. The third kappa shape index (κ3) is 0.836. The predicted molar refractivity (Wildman–Crippen MR) is 53.4 cm³/mol. The second-order valence-electron chi connectivity index (χ2n) is 3.16. The molecular weight excluding hydrogens is 178 g/mol. The first kappa shape index (κ1) is 7.38. The molecule has 3 nitrogen and oxygen atoms in total. The van der Waals surface area contributed by atoms with Crippen molar-refractivity contribution in [1.29, 1.82) is 0 Å². The number of nitrogens with zero attached hydrogens (tertiary/aromatic N) is 1. The summed E-state index contributed by atoms with van der Waals surface area (Å²) in [5.74, 6) is -0.342. The highest BCUT2D eigenvalue weighted by Gasteiger charge is 2.03. The maximum atomic E-state index is 11.2. The van der Waals surface area contributed by atoms with Crippen molar-refractivity contribution in [3.8, 4) is 0 Å². The topological polar surface area (TPSA) is 34.6 Å². The molecule has 1 aromatic carbocycles. The molecule has 0 aliphatic heterocycles. The van der Waals surface area contributed by atoms with Gasteiger partial charge in [-0.2, -0.15) is 0 Å².